The lowest BCUT2D eigenvalue weighted by molar-refractivity contribution is 0.365. The summed E-state index contributed by atoms with van der Waals surface area (Å²) in [5, 5.41) is 1.66. The van der Waals surface area contributed by atoms with Crippen molar-refractivity contribution in [1.29, 1.82) is 0 Å². The molecule has 2 aliphatic heterocycles. The van der Waals surface area contributed by atoms with Crippen molar-refractivity contribution in [2.24, 2.45) is 11.8 Å². The van der Waals surface area contributed by atoms with E-state index in [9.17, 15) is 0 Å². The summed E-state index contributed by atoms with van der Waals surface area (Å²) < 4.78 is 0. The average molecular weight is 218 g/mol. The van der Waals surface area contributed by atoms with Gasteiger partial charge in [0.1, 0.15) is 0 Å². The van der Waals surface area contributed by atoms with E-state index in [1.54, 1.807) is 5.30 Å². The van der Waals surface area contributed by atoms with Gasteiger partial charge in [0, 0.05) is 0 Å². The van der Waals surface area contributed by atoms with E-state index >= 15 is 0 Å². The Kier molecular flexibility index (Phi) is 2.36. The van der Waals surface area contributed by atoms with Gasteiger partial charge >= 0.3 is 0 Å². The van der Waals surface area contributed by atoms with Crippen LogP contribution in [0.1, 0.15) is 26.7 Å². The zero-order valence-corrected chi connectivity index (χ0v) is 10.5. The molecule has 0 nitrogen and oxygen atoms in total. The standard InChI is InChI=1S/C14H19P/c1-10-8-14-11(2)9-13(10)15(14)12-6-4-3-5-7-12/h3-7,10-11,13-14H,8-9H2,1-2H3/t10-,11-,13+,14+/m0/s1. The SMILES string of the molecule is C[C@H]1C[C@@H]2[C@@H](C)C[C@H]1P2c1ccccc1. The molecule has 0 N–H and O–H groups in total. The van der Waals surface area contributed by atoms with Crippen LogP contribution in [0.2, 0.25) is 0 Å². The maximum absolute atomic E-state index is 2.47. The first-order valence-electron chi connectivity index (χ1n) is 6.11. The topological polar surface area (TPSA) is 0 Å². The molecule has 2 aliphatic rings. The zero-order chi connectivity index (χ0) is 10.4. The van der Waals surface area contributed by atoms with Gasteiger partial charge in [-0.1, -0.05) is 52.1 Å². The Hall–Kier alpha value is -0.350. The fourth-order valence-electron chi connectivity index (χ4n) is 3.55. The highest BCUT2D eigenvalue weighted by Crippen LogP contribution is 2.67. The smallest absolute Gasteiger partial charge is 0.0138 e. The summed E-state index contributed by atoms with van der Waals surface area (Å²) in [5.74, 6) is 1.97. The Morgan fingerprint density at radius 2 is 1.47 bits per heavy atom. The molecule has 2 saturated heterocycles. The lowest BCUT2D eigenvalue weighted by Gasteiger charge is -2.20. The molecule has 1 aromatic rings. The van der Waals surface area contributed by atoms with E-state index in [-0.39, 0.29) is 7.92 Å². The van der Waals surface area contributed by atoms with Gasteiger partial charge in [-0.25, -0.2) is 0 Å². The van der Waals surface area contributed by atoms with E-state index in [0.717, 1.165) is 23.2 Å². The van der Waals surface area contributed by atoms with Crippen LogP contribution in [-0.2, 0) is 0 Å². The molecule has 4 atom stereocenters. The molecule has 2 fully saturated rings. The molecule has 0 aromatic heterocycles. The summed E-state index contributed by atoms with van der Waals surface area (Å²) in [6.07, 6.45) is 2.98. The van der Waals surface area contributed by atoms with Crippen molar-refractivity contribution < 1.29 is 0 Å². The molecule has 2 bridgehead atoms. The molecule has 1 aromatic carbocycles. The van der Waals surface area contributed by atoms with E-state index in [2.05, 4.69) is 44.2 Å². The van der Waals surface area contributed by atoms with Crippen molar-refractivity contribution in [2.45, 2.75) is 38.0 Å². The van der Waals surface area contributed by atoms with E-state index in [4.69, 9.17) is 0 Å². The third-order valence-electron chi connectivity index (χ3n) is 4.31. The Bertz CT molecular complexity index is 330. The van der Waals surface area contributed by atoms with Crippen molar-refractivity contribution in [3.63, 3.8) is 0 Å². The Balaban J connectivity index is 1.95. The molecular formula is C14H19P. The lowest BCUT2D eigenvalue weighted by Crippen LogP contribution is -2.18. The fourth-order valence-corrected chi connectivity index (χ4v) is 7.78. The van der Waals surface area contributed by atoms with Gasteiger partial charge in [0.25, 0.3) is 0 Å². The minimum Gasteiger partial charge on any atom is -0.0684 e. The first-order chi connectivity index (χ1) is 7.27. The molecule has 3 rings (SSSR count). The first kappa shape index (κ1) is 9.85. The van der Waals surface area contributed by atoms with E-state index in [0.29, 0.717) is 0 Å². The Morgan fingerprint density at radius 3 is 2.00 bits per heavy atom. The maximum Gasteiger partial charge on any atom is -0.0138 e. The fraction of sp³-hybridized carbons (Fsp3) is 0.571. The van der Waals surface area contributed by atoms with Crippen molar-refractivity contribution >= 4 is 13.2 Å². The quantitative estimate of drug-likeness (QED) is 0.632. The van der Waals surface area contributed by atoms with E-state index < -0.39 is 0 Å². The second kappa shape index (κ2) is 3.59. The predicted molar refractivity (Wildman–Crippen MR) is 68.1 cm³/mol. The molecule has 0 saturated carbocycles. The summed E-state index contributed by atoms with van der Waals surface area (Å²) in [4.78, 5) is 0. The number of rotatable bonds is 1. The van der Waals surface area contributed by atoms with Crippen molar-refractivity contribution in [2.75, 3.05) is 0 Å². The van der Waals surface area contributed by atoms with Crippen molar-refractivity contribution in [3.8, 4) is 0 Å². The van der Waals surface area contributed by atoms with Crippen LogP contribution in [0.3, 0.4) is 0 Å². The summed E-state index contributed by atoms with van der Waals surface area (Å²) in [7, 11) is 0.170. The zero-order valence-electron chi connectivity index (χ0n) is 9.56. The van der Waals surface area contributed by atoms with Crippen LogP contribution in [0.15, 0.2) is 30.3 Å². The Morgan fingerprint density at radius 1 is 0.933 bits per heavy atom. The third kappa shape index (κ3) is 1.46. The van der Waals surface area contributed by atoms with Gasteiger partial charge in [0.05, 0.1) is 0 Å². The van der Waals surface area contributed by atoms with Gasteiger partial charge in [0.15, 0.2) is 0 Å². The highest BCUT2D eigenvalue weighted by atomic mass is 31.1. The van der Waals surface area contributed by atoms with Crippen molar-refractivity contribution in [1.82, 2.24) is 0 Å². The van der Waals surface area contributed by atoms with Gasteiger partial charge in [-0.15, -0.1) is 0 Å². The molecule has 15 heavy (non-hydrogen) atoms. The van der Waals surface area contributed by atoms with E-state index in [1.807, 2.05) is 0 Å². The summed E-state index contributed by atoms with van der Waals surface area (Å²) in [6, 6.07) is 11.3. The summed E-state index contributed by atoms with van der Waals surface area (Å²) in [6.45, 7) is 4.93. The molecule has 80 valence electrons. The lowest BCUT2D eigenvalue weighted by atomic mass is 9.84. The Labute approximate surface area is 93.8 Å². The number of hydrogen-bond donors (Lipinski definition) is 0. The predicted octanol–water partition coefficient (Wildman–Crippen LogP) is 3.61. The third-order valence-corrected chi connectivity index (χ3v) is 8.07. The molecule has 0 spiro atoms. The molecule has 0 aliphatic carbocycles. The van der Waals surface area contributed by atoms with Crippen LogP contribution in [0.4, 0.5) is 0 Å². The molecule has 0 radical (unpaired) electrons. The minimum atomic E-state index is 0.170. The second-order valence-corrected chi connectivity index (χ2v) is 7.96. The van der Waals surface area contributed by atoms with Gasteiger partial charge in [-0.05, 0) is 41.3 Å². The average Bonchev–Trinajstić information content (AvgIpc) is 2.73. The van der Waals surface area contributed by atoms with Crippen molar-refractivity contribution in [3.05, 3.63) is 30.3 Å². The minimum absolute atomic E-state index is 0.170. The van der Waals surface area contributed by atoms with E-state index in [1.165, 1.54) is 12.8 Å². The van der Waals surface area contributed by atoms with Crippen LogP contribution in [0.5, 0.6) is 0 Å². The first-order valence-corrected chi connectivity index (χ1v) is 7.59. The second-order valence-electron chi connectivity index (χ2n) is 5.30. The molecular weight excluding hydrogens is 199 g/mol. The monoisotopic (exact) mass is 218 g/mol. The largest absolute Gasteiger partial charge is 0.0684 e. The summed E-state index contributed by atoms with van der Waals surface area (Å²) >= 11 is 0. The number of benzene rings is 1. The van der Waals surface area contributed by atoms with Crippen LogP contribution < -0.4 is 5.30 Å². The molecule has 0 unspecified atom stereocenters. The number of hydrogen-bond acceptors (Lipinski definition) is 0. The molecule has 2 heterocycles. The van der Waals surface area contributed by atoms with Gasteiger partial charge in [-0.2, -0.15) is 0 Å². The molecule has 0 amide bonds. The van der Waals surface area contributed by atoms with Gasteiger partial charge in [0.2, 0.25) is 0 Å². The van der Waals surface area contributed by atoms with Crippen LogP contribution >= 0.6 is 7.92 Å². The normalized spacial score (nSPS) is 43.5. The van der Waals surface area contributed by atoms with Gasteiger partial charge < -0.3 is 0 Å². The summed E-state index contributed by atoms with van der Waals surface area (Å²) in [5.41, 5.74) is 2.06. The van der Waals surface area contributed by atoms with Crippen LogP contribution in [-0.4, -0.2) is 11.3 Å². The highest BCUT2D eigenvalue weighted by Gasteiger charge is 2.49. The highest BCUT2D eigenvalue weighted by molar-refractivity contribution is 7.67. The van der Waals surface area contributed by atoms with Gasteiger partial charge in [-0.3, -0.25) is 0 Å². The number of fused-ring (bicyclic) bond motifs is 2. The van der Waals surface area contributed by atoms with Crippen LogP contribution in [0.25, 0.3) is 0 Å². The maximum atomic E-state index is 2.47. The van der Waals surface area contributed by atoms with Crippen LogP contribution in [0, 0.1) is 11.8 Å². The molecule has 1 heteroatoms.